The van der Waals surface area contributed by atoms with Gasteiger partial charge in [-0.3, -0.25) is 4.57 Å². The van der Waals surface area contributed by atoms with Gasteiger partial charge in [0.25, 0.3) is 0 Å². The van der Waals surface area contributed by atoms with Gasteiger partial charge in [-0.05, 0) is 108 Å². The maximum atomic E-state index is 5.36. The number of hydrogen-bond donors (Lipinski definition) is 0. The summed E-state index contributed by atoms with van der Waals surface area (Å²) >= 11 is 0. The summed E-state index contributed by atoms with van der Waals surface area (Å²) in [5.41, 5.74) is 9.85. The Morgan fingerprint density at radius 2 is 1.00 bits per heavy atom. The molecule has 14 rings (SSSR count). The first-order valence-corrected chi connectivity index (χ1v) is 29.4. The van der Waals surface area contributed by atoms with Crippen molar-refractivity contribution in [2.75, 3.05) is 4.90 Å². The molecule has 1 aliphatic heterocycles. The number of rotatable bonds is 9. The van der Waals surface area contributed by atoms with Crippen molar-refractivity contribution in [2.24, 2.45) is 7.05 Å². The van der Waals surface area contributed by atoms with Crippen LogP contribution in [0.3, 0.4) is 0 Å². The molecule has 0 aliphatic carbocycles. The topological polar surface area (TPSA) is 38.9 Å². The molecule has 7 heteroatoms. The normalized spacial score (nSPS) is 13.0. The molecule has 0 N–H and O–H groups in total. The number of aryl methyl sites for hydroxylation is 1. The summed E-state index contributed by atoms with van der Waals surface area (Å²) in [7, 11) is -4.09. The molecule has 13 aromatic rings. The van der Waals surface area contributed by atoms with Crippen LogP contribution in [0.25, 0.3) is 50.0 Å². The zero-order chi connectivity index (χ0) is 49.2. The second-order valence-corrected chi connectivity index (χ2v) is 26.8. The molecule has 0 fully saturated rings. The molecule has 0 saturated heterocycles. The molecule has 3 aromatic heterocycles. The number of nitrogens with zero attached hydrogens (tertiary/aromatic N) is 5. The maximum absolute atomic E-state index is 5.36. The van der Waals surface area contributed by atoms with Gasteiger partial charge in [0.1, 0.15) is 11.5 Å². The van der Waals surface area contributed by atoms with E-state index in [9.17, 15) is 0 Å². The molecule has 0 spiro atoms. The quantitative estimate of drug-likeness (QED) is 0.107. The molecule has 0 bridgehead atoms. The van der Waals surface area contributed by atoms with E-state index in [1.807, 2.05) is 6.20 Å². The van der Waals surface area contributed by atoms with Crippen molar-refractivity contribution in [1.82, 2.24) is 19.1 Å². The predicted octanol–water partition coefficient (Wildman–Crippen LogP) is 10.3. The van der Waals surface area contributed by atoms with Crippen LogP contribution in [-0.2, 0) is 7.05 Å². The Hall–Kier alpha value is -9.15. The lowest BCUT2D eigenvalue weighted by Crippen LogP contribution is -2.77. The molecule has 0 atom stereocenters. The molecule has 4 heterocycles. The number of pyridine rings is 1. The summed E-state index contributed by atoms with van der Waals surface area (Å²) in [4.78, 5) is 13.1. The van der Waals surface area contributed by atoms with Gasteiger partial charge in [-0.25, -0.2) is 9.97 Å². The third kappa shape index (κ3) is 6.47. The van der Waals surface area contributed by atoms with Crippen molar-refractivity contribution in [1.29, 1.82) is 0 Å². The van der Waals surface area contributed by atoms with Crippen molar-refractivity contribution in [3.63, 3.8) is 0 Å². The van der Waals surface area contributed by atoms with E-state index < -0.39 is 16.1 Å². The first kappa shape index (κ1) is 43.6. The van der Waals surface area contributed by atoms with Crippen LogP contribution in [0.5, 0.6) is 0 Å². The lowest BCUT2D eigenvalue weighted by molar-refractivity contribution is 0.959. The largest absolute Gasteiger partial charge is 0.327 e. The molecule has 74 heavy (non-hydrogen) atoms. The van der Waals surface area contributed by atoms with Crippen LogP contribution in [0.4, 0.5) is 17.1 Å². The first-order chi connectivity index (χ1) is 36.7. The van der Waals surface area contributed by atoms with Crippen LogP contribution in [-0.4, -0.2) is 35.2 Å². The molecule has 350 valence electrons. The average Bonchev–Trinajstić information content (AvgIpc) is 4.11. The number of aromatic nitrogens is 4. The van der Waals surface area contributed by atoms with Gasteiger partial charge in [0.15, 0.2) is 16.1 Å². The number of imidazole rings is 1. The summed E-state index contributed by atoms with van der Waals surface area (Å²) < 4.78 is 4.67. The summed E-state index contributed by atoms with van der Waals surface area (Å²) in [6.07, 6.45) is 1.96. The van der Waals surface area contributed by atoms with E-state index in [-0.39, 0.29) is 0 Å². The van der Waals surface area contributed by atoms with Gasteiger partial charge < -0.3 is 9.47 Å². The lowest BCUT2D eigenvalue weighted by Gasteiger charge is -2.45. The molecule has 1 aliphatic rings. The standard InChI is InChI=1S/C67H49N5Si2/c1-70-59-40-18-17-39-58(59)69-66(70)48-24-21-36-55(46-48)73(51-28-9-3-10-29-51,52-30-11-4-12-31-52)56-37-22-27-50(47-56)72-61-43-44-62-65(64(61)57-38-23-45-68-67(57)72)74(53-32-13-5-14-33-53,54-34-15-6-16-35-54)63-42-20-19-41-60(63)71(62)49-25-7-2-8-26-49/h2-47H,1H3. The van der Waals surface area contributed by atoms with Crippen molar-refractivity contribution < 1.29 is 0 Å². The monoisotopic (exact) mass is 979 g/mol. The minimum Gasteiger partial charge on any atom is -0.327 e. The highest BCUT2D eigenvalue weighted by molar-refractivity contribution is 7.22. The van der Waals surface area contributed by atoms with Crippen molar-refractivity contribution >= 4 is 108 Å². The fraction of sp³-hybridized carbons (Fsp3) is 0.0149. The third-order valence-corrected chi connectivity index (χ3v) is 25.2. The Balaban J connectivity index is 1.08. The lowest BCUT2D eigenvalue weighted by atomic mass is 10.1. The molecular formula is C67H49N5Si2. The molecule has 0 radical (unpaired) electrons. The van der Waals surface area contributed by atoms with E-state index in [0.717, 1.165) is 50.3 Å². The third-order valence-electron chi connectivity index (χ3n) is 15.6. The van der Waals surface area contributed by atoms with Gasteiger partial charge in [0.05, 0.1) is 16.6 Å². The number of hydrogen-bond acceptors (Lipinski definition) is 3. The van der Waals surface area contributed by atoms with E-state index in [4.69, 9.17) is 9.97 Å². The van der Waals surface area contributed by atoms with Gasteiger partial charge in [0.2, 0.25) is 0 Å². The van der Waals surface area contributed by atoms with Gasteiger partial charge in [-0.15, -0.1) is 0 Å². The Morgan fingerprint density at radius 3 is 1.69 bits per heavy atom. The Kier molecular flexibility index (Phi) is 10.4. The Labute approximate surface area is 432 Å². The molecule has 0 amide bonds. The SMILES string of the molecule is Cn1c(-c2cccc([Si](c3ccccc3)(c3ccccc3)c3cccc(-n4c5ccc6c(c5c5cccnc54)[Si](c4ccccc4)(c4ccccc4)c4ccccc4N6c4ccccc4)c3)c2)nc2ccccc21. The zero-order valence-corrected chi connectivity index (χ0v) is 42.8. The summed E-state index contributed by atoms with van der Waals surface area (Å²) in [6.45, 7) is 0. The molecular weight excluding hydrogens is 931 g/mol. The highest BCUT2D eigenvalue weighted by Gasteiger charge is 2.50. The predicted molar refractivity (Wildman–Crippen MR) is 314 cm³/mol. The Morgan fingerprint density at radius 1 is 0.432 bits per heavy atom. The van der Waals surface area contributed by atoms with Crippen LogP contribution in [0.1, 0.15) is 0 Å². The van der Waals surface area contributed by atoms with Crippen LogP contribution in [0.15, 0.2) is 279 Å². The van der Waals surface area contributed by atoms with Crippen molar-refractivity contribution in [3.05, 3.63) is 279 Å². The van der Waals surface area contributed by atoms with Gasteiger partial charge in [-0.1, -0.05) is 206 Å². The number of anilines is 3. The fourth-order valence-corrected chi connectivity index (χ4v) is 22.7. The molecule has 0 saturated carbocycles. The zero-order valence-electron chi connectivity index (χ0n) is 40.8. The second-order valence-electron chi connectivity index (χ2n) is 19.3. The minimum absolute atomic E-state index is 0.928. The van der Waals surface area contributed by atoms with E-state index in [0.29, 0.717) is 0 Å². The van der Waals surface area contributed by atoms with E-state index >= 15 is 0 Å². The van der Waals surface area contributed by atoms with Gasteiger partial charge in [-0.2, -0.15) is 0 Å². The van der Waals surface area contributed by atoms with Crippen molar-refractivity contribution in [2.45, 2.75) is 0 Å². The van der Waals surface area contributed by atoms with Crippen LogP contribution >= 0.6 is 0 Å². The molecule has 10 aromatic carbocycles. The summed E-state index contributed by atoms with van der Waals surface area (Å²) in [5, 5.41) is 12.9. The summed E-state index contributed by atoms with van der Waals surface area (Å²) in [6, 6.07) is 101. The average molecular weight is 980 g/mol. The molecule has 5 nitrogen and oxygen atoms in total. The number of para-hydroxylation sites is 4. The van der Waals surface area contributed by atoms with E-state index in [1.54, 1.807) is 0 Å². The maximum Gasteiger partial charge on any atom is 0.184 e. The van der Waals surface area contributed by atoms with Crippen molar-refractivity contribution in [3.8, 4) is 17.1 Å². The van der Waals surface area contributed by atoms with Crippen LogP contribution in [0.2, 0.25) is 0 Å². The fourth-order valence-electron chi connectivity index (χ4n) is 12.5. The van der Waals surface area contributed by atoms with E-state index in [2.05, 4.69) is 294 Å². The second kappa shape index (κ2) is 17.6. The van der Waals surface area contributed by atoms with Gasteiger partial charge >= 0.3 is 0 Å². The minimum atomic E-state index is -3.12. The smallest absolute Gasteiger partial charge is 0.184 e. The first-order valence-electron chi connectivity index (χ1n) is 25.4. The number of benzene rings is 10. The van der Waals surface area contributed by atoms with E-state index in [1.165, 1.54) is 58.3 Å². The number of fused-ring (bicyclic) bond motifs is 7. The summed E-state index contributed by atoms with van der Waals surface area (Å²) in [5.74, 6) is 0.949. The highest BCUT2D eigenvalue weighted by atomic mass is 28.3. The Bertz CT molecular complexity index is 4130. The highest BCUT2D eigenvalue weighted by Crippen LogP contribution is 2.42. The van der Waals surface area contributed by atoms with Crippen LogP contribution in [0, 0.1) is 0 Å². The van der Waals surface area contributed by atoms with Crippen LogP contribution < -0.4 is 46.4 Å². The molecule has 0 unspecified atom stereocenters. The van der Waals surface area contributed by atoms with Gasteiger partial charge in [0, 0.05) is 52.3 Å².